The minimum atomic E-state index is -0.0232. The maximum Gasteiger partial charge on any atom is 0.234 e. The number of hydrogen-bond acceptors (Lipinski definition) is 4. The highest BCUT2D eigenvalue weighted by molar-refractivity contribution is 6.30. The first kappa shape index (κ1) is 18.0. The third kappa shape index (κ3) is 5.33. The molecule has 3 rings (SSSR count). The zero-order chi connectivity index (χ0) is 17.6. The molecule has 0 spiro atoms. The van der Waals surface area contributed by atoms with Crippen molar-refractivity contribution < 1.29 is 13.9 Å². The van der Waals surface area contributed by atoms with E-state index >= 15 is 0 Å². The van der Waals surface area contributed by atoms with Crippen LogP contribution in [0.5, 0.6) is 0 Å². The maximum absolute atomic E-state index is 12.1. The molecule has 1 aliphatic rings. The van der Waals surface area contributed by atoms with E-state index in [9.17, 15) is 4.79 Å². The van der Waals surface area contributed by atoms with Gasteiger partial charge in [-0.2, -0.15) is 0 Å². The van der Waals surface area contributed by atoms with Crippen LogP contribution in [-0.2, 0) is 16.1 Å². The van der Waals surface area contributed by atoms with Crippen molar-refractivity contribution in [1.29, 1.82) is 0 Å². The largest absolute Gasteiger partial charge is 0.459 e. The quantitative estimate of drug-likeness (QED) is 0.820. The molecule has 0 saturated carbocycles. The lowest BCUT2D eigenvalue weighted by Crippen LogP contribution is -2.38. The third-order valence-corrected chi connectivity index (χ3v) is 4.45. The van der Waals surface area contributed by atoms with Crippen LogP contribution in [0.25, 0.3) is 11.3 Å². The van der Waals surface area contributed by atoms with Gasteiger partial charge in [0, 0.05) is 23.7 Å². The molecule has 1 saturated heterocycles. The minimum absolute atomic E-state index is 0.0232. The predicted molar refractivity (Wildman–Crippen MR) is 97.5 cm³/mol. The lowest BCUT2D eigenvalue weighted by molar-refractivity contribution is -0.122. The van der Waals surface area contributed by atoms with Gasteiger partial charge in [-0.1, -0.05) is 11.6 Å². The second kappa shape index (κ2) is 8.52. The fourth-order valence-electron chi connectivity index (χ4n) is 2.93. The van der Waals surface area contributed by atoms with Crippen molar-refractivity contribution in [3.63, 3.8) is 0 Å². The van der Waals surface area contributed by atoms with Crippen LogP contribution in [0, 0.1) is 0 Å². The third-order valence-electron chi connectivity index (χ3n) is 4.20. The highest BCUT2D eigenvalue weighted by atomic mass is 35.5. The molecule has 5 nitrogen and oxygen atoms in total. The van der Waals surface area contributed by atoms with Gasteiger partial charge in [-0.15, -0.1) is 0 Å². The van der Waals surface area contributed by atoms with Crippen LogP contribution in [0.2, 0.25) is 5.02 Å². The number of amides is 1. The fourth-order valence-corrected chi connectivity index (χ4v) is 3.06. The van der Waals surface area contributed by atoms with Crippen LogP contribution < -0.4 is 5.32 Å². The molecule has 0 radical (unpaired) electrons. The summed E-state index contributed by atoms with van der Waals surface area (Å²) in [6.45, 7) is 2.35. The Morgan fingerprint density at radius 1 is 1.28 bits per heavy atom. The van der Waals surface area contributed by atoms with E-state index in [1.807, 2.05) is 48.3 Å². The lowest BCUT2D eigenvalue weighted by atomic mass is 10.2. The molecule has 1 N–H and O–H groups in total. The number of halogens is 1. The predicted octanol–water partition coefficient (Wildman–Crippen LogP) is 3.33. The van der Waals surface area contributed by atoms with E-state index < -0.39 is 0 Å². The molecule has 25 heavy (non-hydrogen) atoms. The van der Waals surface area contributed by atoms with Gasteiger partial charge in [-0.25, -0.2) is 0 Å². The Morgan fingerprint density at radius 2 is 2.08 bits per heavy atom. The molecule has 1 aliphatic heterocycles. The number of furan rings is 1. The lowest BCUT2D eigenvalue weighted by Gasteiger charge is -2.19. The van der Waals surface area contributed by atoms with Crippen LogP contribution in [-0.4, -0.2) is 43.7 Å². The molecule has 2 aromatic rings. The zero-order valence-electron chi connectivity index (χ0n) is 14.3. The smallest absolute Gasteiger partial charge is 0.234 e. The molecule has 1 amide bonds. The van der Waals surface area contributed by atoms with Crippen LogP contribution in [0.4, 0.5) is 0 Å². The average Bonchev–Trinajstić information content (AvgIpc) is 3.25. The fraction of sp³-hybridized carbons (Fsp3) is 0.421. The monoisotopic (exact) mass is 362 g/mol. The molecule has 1 unspecified atom stereocenters. The van der Waals surface area contributed by atoms with E-state index in [4.69, 9.17) is 20.8 Å². The molecular weight excluding hydrogens is 340 g/mol. The van der Waals surface area contributed by atoms with E-state index in [-0.39, 0.29) is 12.0 Å². The second-order valence-corrected chi connectivity index (χ2v) is 6.82. The number of nitrogens with zero attached hydrogens (tertiary/aromatic N) is 1. The van der Waals surface area contributed by atoms with Crippen LogP contribution in [0.1, 0.15) is 18.6 Å². The Kier molecular flexibility index (Phi) is 6.13. The maximum atomic E-state index is 12.1. The topological polar surface area (TPSA) is 54.7 Å². The summed E-state index contributed by atoms with van der Waals surface area (Å²) >= 11 is 5.89. The average molecular weight is 363 g/mol. The number of likely N-dealkylation sites (N-methyl/N-ethyl adjacent to an activating group) is 1. The Balaban J connectivity index is 1.45. The summed E-state index contributed by atoms with van der Waals surface area (Å²) in [4.78, 5) is 14.1. The van der Waals surface area contributed by atoms with Gasteiger partial charge >= 0.3 is 0 Å². The summed E-state index contributed by atoms with van der Waals surface area (Å²) in [7, 11) is 1.94. The first-order valence-corrected chi connectivity index (χ1v) is 8.89. The van der Waals surface area contributed by atoms with Crippen LogP contribution in [0.15, 0.2) is 40.8 Å². The van der Waals surface area contributed by atoms with Gasteiger partial charge in [-0.3, -0.25) is 9.69 Å². The molecule has 6 heteroatoms. The molecule has 1 fully saturated rings. The number of rotatable bonds is 7. The van der Waals surface area contributed by atoms with Gasteiger partial charge in [0.15, 0.2) is 0 Å². The number of hydrogen-bond donors (Lipinski definition) is 1. The standard InChI is InChI=1S/C19H23ClN2O3/c1-22(12-17-3-2-10-24-17)13-19(23)21-11-16-8-9-18(25-16)14-4-6-15(20)7-5-14/h4-9,17H,2-3,10-13H2,1H3,(H,21,23). The van der Waals surface area contributed by atoms with Gasteiger partial charge in [0.05, 0.1) is 19.2 Å². The van der Waals surface area contributed by atoms with Gasteiger partial charge in [-0.05, 0) is 56.3 Å². The molecule has 1 aromatic carbocycles. The van der Waals surface area contributed by atoms with Crippen molar-refractivity contribution in [3.05, 3.63) is 47.2 Å². The van der Waals surface area contributed by atoms with Crippen LogP contribution in [0.3, 0.4) is 0 Å². The van der Waals surface area contributed by atoms with E-state index in [1.54, 1.807) is 0 Å². The normalized spacial score (nSPS) is 17.2. The highest BCUT2D eigenvalue weighted by Crippen LogP contribution is 2.23. The molecule has 0 bridgehead atoms. The van der Waals surface area contributed by atoms with E-state index in [0.717, 1.165) is 43.1 Å². The Labute approximate surface area is 152 Å². The summed E-state index contributed by atoms with van der Waals surface area (Å²) in [5.74, 6) is 1.46. The SMILES string of the molecule is CN(CC(=O)NCc1ccc(-c2ccc(Cl)cc2)o1)CC1CCCO1. The molecule has 134 valence electrons. The minimum Gasteiger partial charge on any atom is -0.459 e. The number of nitrogens with one attached hydrogen (secondary N) is 1. The number of carbonyl (C=O) groups is 1. The number of carbonyl (C=O) groups excluding carboxylic acids is 1. The van der Waals surface area contributed by atoms with Gasteiger partial charge in [0.1, 0.15) is 11.5 Å². The first-order valence-electron chi connectivity index (χ1n) is 8.51. The van der Waals surface area contributed by atoms with Crippen molar-refractivity contribution in [3.8, 4) is 11.3 Å². The first-order chi connectivity index (χ1) is 12.1. The van der Waals surface area contributed by atoms with E-state index in [0.29, 0.717) is 18.1 Å². The second-order valence-electron chi connectivity index (χ2n) is 6.38. The van der Waals surface area contributed by atoms with Gasteiger partial charge < -0.3 is 14.5 Å². The Bertz CT molecular complexity index is 693. The van der Waals surface area contributed by atoms with E-state index in [1.165, 1.54) is 0 Å². The van der Waals surface area contributed by atoms with Gasteiger partial charge in [0.2, 0.25) is 5.91 Å². The summed E-state index contributed by atoms with van der Waals surface area (Å²) < 4.78 is 11.4. The van der Waals surface area contributed by atoms with Crippen molar-refractivity contribution in [1.82, 2.24) is 10.2 Å². The summed E-state index contributed by atoms with van der Waals surface area (Å²) in [6, 6.07) is 11.2. The molecule has 2 heterocycles. The van der Waals surface area contributed by atoms with E-state index in [2.05, 4.69) is 5.32 Å². The number of benzene rings is 1. The zero-order valence-corrected chi connectivity index (χ0v) is 15.1. The van der Waals surface area contributed by atoms with Gasteiger partial charge in [0.25, 0.3) is 0 Å². The molecular formula is C19H23ClN2O3. The Hall–Kier alpha value is -1.82. The summed E-state index contributed by atoms with van der Waals surface area (Å²) in [6.07, 6.45) is 2.44. The van der Waals surface area contributed by atoms with Crippen molar-refractivity contribution in [2.24, 2.45) is 0 Å². The highest BCUT2D eigenvalue weighted by Gasteiger charge is 2.18. The molecule has 1 aromatic heterocycles. The van der Waals surface area contributed by atoms with Crippen molar-refractivity contribution in [2.75, 3.05) is 26.7 Å². The van der Waals surface area contributed by atoms with Crippen LogP contribution >= 0.6 is 11.6 Å². The molecule has 1 atom stereocenters. The summed E-state index contributed by atoms with van der Waals surface area (Å²) in [5.41, 5.74) is 0.957. The van der Waals surface area contributed by atoms with Crippen molar-refractivity contribution in [2.45, 2.75) is 25.5 Å². The Morgan fingerprint density at radius 3 is 2.80 bits per heavy atom. The summed E-state index contributed by atoms with van der Waals surface area (Å²) in [5, 5.41) is 3.58. The number of ether oxygens (including phenoxy) is 1. The van der Waals surface area contributed by atoms with Crippen molar-refractivity contribution >= 4 is 17.5 Å². The molecule has 0 aliphatic carbocycles.